The summed E-state index contributed by atoms with van der Waals surface area (Å²) in [5.74, 6) is -0.263. The lowest BCUT2D eigenvalue weighted by Crippen LogP contribution is -2.27. The van der Waals surface area contributed by atoms with Crippen LogP contribution in [-0.2, 0) is 17.8 Å². The standard InChI is InChI=1S/C17H15ClN4O2S2/c1-22(9-11-4-5-14(18)19-8-11)15(23)7-12-10-26-17(20-12)21-16(24)13-3-2-6-25-13/h2-6,8,10H,7,9H2,1H3,(H,20,21,24). The number of hydrogen-bond acceptors (Lipinski definition) is 6. The van der Waals surface area contributed by atoms with Crippen molar-refractivity contribution in [3.8, 4) is 0 Å². The number of nitrogens with zero attached hydrogens (tertiary/aromatic N) is 3. The number of thiazole rings is 1. The van der Waals surface area contributed by atoms with Crippen LogP contribution in [0.15, 0.2) is 41.2 Å². The second kappa shape index (κ2) is 8.39. The summed E-state index contributed by atoms with van der Waals surface area (Å²) < 4.78 is 0. The molecule has 0 atom stereocenters. The molecule has 3 heterocycles. The van der Waals surface area contributed by atoms with E-state index < -0.39 is 0 Å². The van der Waals surface area contributed by atoms with Crippen LogP contribution >= 0.6 is 34.3 Å². The molecule has 0 spiro atoms. The van der Waals surface area contributed by atoms with Crippen LogP contribution in [0.1, 0.15) is 20.9 Å². The van der Waals surface area contributed by atoms with Crippen LogP contribution < -0.4 is 5.32 Å². The highest BCUT2D eigenvalue weighted by Crippen LogP contribution is 2.19. The zero-order chi connectivity index (χ0) is 18.5. The van der Waals surface area contributed by atoms with Gasteiger partial charge in [0.2, 0.25) is 5.91 Å². The van der Waals surface area contributed by atoms with E-state index in [0.717, 1.165) is 5.56 Å². The molecule has 0 saturated carbocycles. The van der Waals surface area contributed by atoms with Gasteiger partial charge in [-0.1, -0.05) is 23.7 Å². The van der Waals surface area contributed by atoms with Crippen molar-refractivity contribution in [2.75, 3.05) is 12.4 Å². The quantitative estimate of drug-likeness (QED) is 0.633. The lowest BCUT2D eigenvalue weighted by molar-refractivity contribution is -0.129. The fourth-order valence-corrected chi connectivity index (χ4v) is 3.60. The Balaban J connectivity index is 1.55. The van der Waals surface area contributed by atoms with Gasteiger partial charge in [-0.05, 0) is 23.1 Å². The van der Waals surface area contributed by atoms with Crippen LogP contribution in [0.25, 0.3) is 0 Å². The molecule has 0 bridgehead atoms. The summed E-state index contributed by atoms with van der Waals surface area (Å²) in [6.07, 6.45) is 1.82. The first-order chi connectivity index (χ1) is 12.5. The number of halogens is 1. The van der Waals surface area contributed by atoms with Crippen LogP contribution in [0, 0.1) is 0 Å². The first-order valence-electron chi connectivity index (χ1n) is 7.65. The highest BCUT2D eigenvalue weighted by atomic mass is 35.5. The molecule has 0 saturated heterocycles. The summed E-state index contributed by atoms with van der Waals surface area (Å²) in [7, 11) is 1.72. The summed E-state index contributed by atoms with van der Waals surface area (Å²) in [5.41, 5.74) is 1.52. The highest BCUT2D eigenvalue weighted by Gasteiger charge is 2.14. The second-order valence-electron chi connectivity index (χ2n) is 5.49. The lowest BCUT2D eigenvalue weighted by atomic mass is 10.2. The van der Waals surface area contributed by atoms with E-state index in [9.17, 15) is 9.59 Å². The van der Waals surface area contributed by atoms with Gasteiger partial charge in [0.25, 0.3) is 5.91 Å². The molecule has 0 radical (unpaired) electrons. The normalized spacial score (nSPS) is 10.5. The number of rotatable bonds is 6. The zero-order valence-corrected chi connectivity index (χ0v) is 16.2. The third-order valence-corrected chi connectivity index (χ3v) is 5.38. The van der Waals surface area contributed by atoms with Gasteiger partial charge in [0.15, 0.2) is 5.13 Å². The molecule has 26 heavy (non-hydrogen) atoms. The van der Waals surface area contributed by atoms with Crippen molar-refractivity contribution in [1.29, 1.82) is 0 Å². The number of anilines is 1. The molecule has 0 fully saturated rings. The van der Waals surface area contributed by atoms with Gasteiger partial charge in [0, 0.05) is 25.2 Å². The molecule has 134 valence electrons. The Bertz CT molecular complexity index is 894. The maximum atomic E-state index is 12.4. The van der Waals surface area contributed by atoms with Crippen molar-refractivity contribution < 1.29 is 9.59 Å². The number of likely N-dealkylation sites (N-methyl/N-ethyl adjacent to an activating group) is 1. The van der Waals surface area contributed by atoms with Gasteiger partial charge in [-0.15, -0.1) is 22.7 Å². The molecular weight excluding hydrogens is 392 g/mol. The average molecular weight is 407 g/mol. The van der Waals surface area contributed by atoms with E-state index >= 15 is 0 Å². The maximum absolute atomic E-state index is 12.4. The Morgan fingerprint density at radius 3 is 2.81 bits per heavy atom. The van der Waals surface area contributed by atoms with Gasteiger partial charge < -0.3 is 4.90 Å². The van der Waals surface area contributed by atoms with E-state index in [1.54, 1.807) is 35.7 Å². The van der Waals surface area contributed by atoms with Crippen molar-refractivity contribution in [3.05, 3.63) is 62.5 Å². The van der Waals surface area contributed by atoms with E-state index in [0.29, 0.717) is 27.4 Å². The van der Waals surface area contributed by atoms with Gasteiger partial charge in [-0.3, -0.25) is 14.9 Å². The number of aromatic nitrogens is 2. The third-order valence-electron chi connectivity index (χ3n) is 3.48. The summed E-state index contributed by atoms with van der Waals surface area (Å²) >= 11 is 8.43. The van der Waals surface area contributed by atoms with Crippen LogP contribution in [0.2, 0.25) is 5.15 Å². The first-order valence-corrected chi connectivity index (χ1v) is 9.78. The van der Waals surface area contributed by atoms with Gasteiger partial charge in [-0.2, -0.15) is 0 Å². The molecule has 3 aromatic heterocycles. The van der Waals surface area contributed by atoms with E-state index in [4.69, 9.17) is 11.6 Å². The minimum atomic E-state index is -0.195. The second-order valence-corrected chi connectivity index (χ2v) is 7.68. The summed E-state index contributed by atoms with van der Waals surface area (Å²) in [5, 5.41) is 7.26. The number of thiophene rings is 1. The summed E-state index contributed by atoms with van der Waals surface area (Å²) in [6.45, 7) is 0.440. The smallest absolute Gasteiger partial charge is 0.267 e. The molecule has 6 nitrogen and oxygen atoms in total. The minimum absolute atomic E-state index is 0.0682. The number of carbonyl (C=O) groups is 2. The fraction of sp³-hybridized carbons (Fsp3) is 0.176. The van der Waals surface area contributed by atoms with Crippen LogP contribution in [0.4, 0.5) is 5.13 Å². The molecule has 0 aliphatic carbocycles. The SMILES string of the molecule is CN(Cc1ccc(Cl)nc1)C(=O)Cc1csc(NC(=O)c2cccs2)n1. The summed E-state index contributed by atoms with van der Waals surface area (Å²) in [6, 6.07) is 7.09. The van der Waals surface area contributed by atoms with Crippen molar-refractivity contribution in [2.45, 2.75) is 13.0 Å². The van der Waals surface area contributed by atoms with E-state index in [1.807, 2.05) is 17.5 Å². The minimum Gasteiger partial charge on any atom is -0.341 e. The number of pyridine rings is 1. The molecule has 0 unspecified atom stereocenters. The van der Waals surface area contributed by atoms with Gasteiger partial charge >= 0.3 is 0 Å². The number of amides is 2. The van der Waals surface area contributed by atoms with Gasteiger partial charge in [0.05, 0.1) is 17.0 Å². The lowest BCUT2D eigenvalue weighted by Gasteiger charge is -2.16. The topological polar surface area (TPSA) is 75.2 Å². The predicted octanol–water partition coefficient (Wildman–Crippen LogP) is 3.71. The Morgan fingerprint density at radius 1 is 1.27 bits per heavy atom. The van der Waals surface area contributed by atoms with Crippen molar-refractivity contribution >= 4 is 51.2 Å². The Hall–Kier alpha value is -2.29. The molecule has 1 N–H and O–H groups in total. The third kappa shape index (κ3) is 4.87. The summed E-state index contributed by atoms with van der Waals surface area (Å²) in [4.78, 5) is 34.9. The number of hydrogen-bond donors (Lipinski definition) is 1. The van der Waals surface area contributed by atoms with Gasteiger partial charge in [-0.25, -0.2) is 9.97 Å². The largest absolute Gasteiger partial charge is 0.341 e. The molecule has 2 amide bonds. The molecule has 3 rings (SSSR count). The van der Waals surface area contributed by atoms with Crippen molar-refractivity contribution in [3.63, 3.8) is 0 Å². The molecular formula is C17H15ClN4O2S2. The monoisotopic (exact) mass is 406 g/mol. The highest BCUT2D eigenvalue weighted by molar-refractivity contribution is 7.14. The Morgan fingerprint density at radius 2 is 2.12 bits per heavy atom. The van der Waals surface area contributed by atoms with E-state index in [2.05, 4.69) is 15.3 Å². The zero-order valence-electron chi connectivity index (χ0n) is 13.8. The van der Waals surface area contributed by atoms with Crippen molar-refractivity contribution in [2.24, 2.45) is 0 Å². The first kappa shape index (κ1) is 18.5. The Kier molecular flexibility index (Phi) is 5.97. The van der Waals surface area contributed by atoms with Crippen LogP contribution in [0.3, 0.4) is 0 Å². The van der Waals surface area contributed by atoms with Crippen LogP contribution in [-0.4, -0.2) is 33.7 Å². The molecule has 0 aliphatic heterocycles. The number of carbonyl (C=O) groups excluding carboxylic acids is 2. The number of nitrogens with one attached hydrogen (secondary N) is 1. The molecule has 0 aromatic carbocycles. The van der Waals surface area contributed by atoms with E-state index in [1.165, 1.54) is 22.7 Å². The van der Waals surface area contributed by atoms with E-state index in [-0.39, 0.29) is 18.2 Å². The molecule has 0 aliphatic rings. The Labute approximate surface area is 163 Å². The van der Waals surface area contributed by atoms with Crippen molar-refractivity contribution in [1.82, 2.24) is 14.9 Å². The van der Waals surface area contributed by atoms with Crippen LogP contribution in [0.5, 0.6) is 0 Å². The maximum Gasteiger partial charge on any atom is 0.267 e. The predicted molar refractivity (Wildman–Crippen MR) is 104 cm³/mol. The molecule has 9 heteroatoms. The molecule has 3 aromatic rings. The average Bonchev–Trinajstić information content (AvgIpc) is 3.29. The fourth-order valence-electron chi connectivity index (χ4n) is 2.16. The van der Waals surface area contributed by atoms with Gasteiger partial charge in [0.1, 0.15) is 5.15 Å².